The maximum absolute atomic E-state index is 12.0. The Bertz CT molecular complexity index is 845. The minimum absolute atomic E-state index is 0.00122. The monoisotopic (exact) mass is 362 g/mol. The molecule has 0 bridgehead atoms. The van der Waals surface area contributed by atoms with Gasteiger partial charge in [-0.2, -0.15) is 5.26 Å². The molecule has 0 aliphatic carbocycles. The van der Waals surface area contributed by atoms with Gasteiger partial charge in [-0.25, -0.2) is 0 Å². The molecule has 2 aromatic carbocycles. The van der Waals surface area contributed by atoms with Crippen LogP contribution in [0, 0.1) is 11.3 Å². The molecule has 0 fully saturated rings. The van der Waals surface area contributed by atoms with Crippen LogP contribution < -0.4 is 5.32 Å². The van der Waals surface area contributed by atoms with E-state index in [1.54, 1.807) is 6.08 Å². The van der Waals surface area contributed by atoms with E-state index in [4.69, 9.17) is 5.26 Å². The average Bonchev–Trinajstić information content (AvgIpc) is 2.65. The van der Waals surface area contributed by atoms with Gasteiger partial charge in [-0.1, -0.05) is 42.5 Å². The van der Waals surface area contributed by atoms with E-state index in [0.29, 0.717) is 12.1 Å². The lowest BCUT2D eigenvalue weighted by Gasteiger charge is -2.04. The third-order valence-corrected chi connectivity index (χ3v) is 3.86. The quantitative estimate of drug-likeness (QED) is 0.289. The molecule has 0 atom stereocenters. The minimum atomic E-state index is -0.416. The third kappa shape index (κ3) is 7.09. The van der Waals surface area contributed by atoms with Crippen LogP contribution in [-0.2, 0) is 11.2 Å². The van der Waals surface area contributed by atoms with E-state index in [0.717, 1.165) is 19.3 Å². The topological polar surface area (TPSA) is 93.3 Å². The van der Waals surface area contributed by atoms with Crippen molar-refractivity contribution in [3.05, 3.63) is 77.4 Å². The Balaban J connectivity index is 1.79. The number of rotatable bonds is 8. The number of nitrogens with zero attached hydrogens (tertiary/aromatic N) is 1. The number of unbranched alkanes of at least 4 members (excludes halogenated alkanes) is 1. The molecule has 0 saturated heterocycles. The Kier molecular flexibility index (Phi) is 7.68. The summed E-state index contributed by atoms with van der Waals surface area (Å²) in [6.45, 7) is 0.509. The van der Waals surface area contributed by atoms with Gasteiger partial charge in [0.2, 0.25) is 0 Å². The van der Waals surface area contributed by atoms with Gasteiger partial charge in [0.05, 0.1) is 0 Å². The summed E-state index contributed by atoms with van der Waals surface area (Å²) in [7, 11) is 0. The van der Waals surface area contributed by atoms with Gasteiger partial charge in [-0.05, 0) is 48.6 Å². The predicted molar refractivity (Wildman–Crippen MR) is 105 cm³/mol. The number of allylic oxidation sites excluding steroid dienone is 2. The SMILES string of the molecule is N#C/C(=C\C=C\c1cc(O)cc(O)c1)C(=O)NCCCCc1ccccc1. The predicted octanol–water partition coefficient (Wildman–Crippen LogP) is 3.70. The van der Waals surface area contributed by atoms with Crippen LogP contribution in [0.15, 0.2) is 66.3 Å². The first-order valence-corrected chi connectivity index (χ1v) is 8.72. The zero-order valence-electron chi connectivity index (χ0n) is 14.9. The molecule has 2 aromatic rings. The molecule has 138 valence electrons. The van der Waals surface area contributed by atoms with E-state index in [1.807, 2.05) is 24.3 Å². The van der Waals surface area contributed by atoms with Crippen molar-refractivity contribution in [2.75, 3.05) is 6.54 Å². The first-order chi connectivity index (χ1) is 13.1. The summed E-state index contributed by atoms with van der Waals surface area (Å²) < 4.78 is 0. The van der Waals surface area contributed by atoms with E-state index < -0.39 is 5.91 Å². The van der Waals surface area contributed by atoms with Crippen molar-refractivity contribution in [3.63, 3.8) is 0 Å². The van der Waals surface area contributed by atoms with Crippen LogP contribution in [-0.4, -0.2) is 22.7 Å². The van der Waals surface area contributed by atoms with Gasteiger partial charge in [-0.3, -0.25) is 4.79 Å². The van der Waals surface area contributed by atoms with Crippen molar-refractivity contribution < 1.29 is 15.0 Å². The molecular formula is C22H22N2O3. The molecule has 0 radical (unpaired) electrons. The number of amides is 1. The highest BCUT2D eigenvalue weighted by molar-refractivity contribution is 5.97. The summed E-state index contributed by atoms with van der Waals surface area (Å²) in [4.78, 5) is 12.0. The molecule has 5 nitrogen and oxygen atoms in total. The second-order valence-electron chi connectivity index (χ2n) is 6.03. The van der Waals surface area contributed by atoms with Crippen LogP contribution in [0.3, 0.4) is 0 Å². The normalized spacial score (nSPS) is 11.3. The third-order valence-electron chi connectivity index (χ3n) is 3.86. The molecule has 0 heterocycles. The van der Waals surface area contributed by atoms with Crippen LogP contribution in [0.2, 0.25) is 0 Å². The van der Waals surface area contributed by atoms with Crippen LogP contribution in [0.1, 0.15) is 24.0 Å². The van der Waals surface area contributed by atoms with E-state index >= 15 is 0 Å². The van der Waals surface area contributed by atoms with Crippen molar-refractivity contribution in [3.8, 4) is 17.6 Å². The van der Waals surface area contributed by atoms with Crippen molar-refractivity contribution in [2.24, 2.45) is 0 Å². The fraction of sp³-hybridized carbons (Fsp3) is 0.182. The molecule has 0 aromatic heterocycles. The number of carbonyl (C=O) groups excluding carboxylic acids is 1. The Labute approximate surface area is 158 Å². The lowest BCUT2D eigenvalue weighted by molar-refractivity contribution is -0.117. The molecular weight excluding hydrogens is 340 g/mol. The zero-order valence-corrected chi connectivity index (χ0v) is 14.9. The second-order valence-corrected chi connectivity index (χ2v) is 6.03. The minimum Gasteiger partial charge on any atom is -0.508 e. The number of carbonyl (C=O) groups is 1. The highest BCUT2D eigenvalue weighted by atomic mass is 16.3. The number of hydrogen-bond acceptors (Lipinski definition) is 4. The van der Waals surface area contributed by atoms with E-state index in [2.05, 4.69) is 17.4 Å². The lowest BCUT2D eigenvalue weighted by atomic mass is 10.1. The van der Waals surface area contributed by atoms with Gasteiger partial charge in [0, 0.05) is 12.6 Å². The number of aryl methyl sites for hydroxylation is 1. The number of phenolic OH excluding ortho intramolecular Hbond substituents is 2. The number of nitrogens with one attached hydrogen (secondary N) is 1. The summed E-state index contributed by atoms with van der Waals surface area (Å²) in [5, 5.41) is 30.7. The number of benzene rings is 2. The lowest BCUT2D eigenvalue weighted by Crippen LogP contribution is -2.25. The molecule has 3 N–H and O–H groups in total. The van der Waals surface area contributed by atoms with Gasteiger partial charge in [-0.15, -0.1) is 0 Å². The summed E-state index contributed by atoms with van der Waals surface area (Å²) in [6, 6.07) is 16.2. The molecule has 0 aliphatic heterocycles. The smallest absolute Gasteiger partial charge is 0.261 e. The number of hydrogen-bond donors (Lipinski definition) is 3. The fourth-order valence-electron chi connectivity index (χ4n) is 2.53. The molecule has 2 rings (SSSR count). The van der Waals surface area contributed by atoms with E-state index in [1.165, 1.54) is 35.9 Å². The highest BCUT2D eigenvalue weighted by Crippen LogP contribution is 2.21. The summed E-state index contributed by atoms with van der Waals surface area (Å²) in [5.74, 6) is -0.541. The van der Waals surface area contributed by atoms with Crippen molar-refractivity contribution in [1.29, 1.82) is 5.26 Å². The molecule has 0 unspecified atom stereocenters. The standard InChI is InChI=1S/C22H22N2O3/c23-16-19(11-6-10-18-13-20(25)15-21(26)14-18)22(27)24-12-5-4-9-17-7-2-1-3-8-17/h1-3,6-8,10-11,13-15,25-26H,4-5,9,12H2,(H,24,27)/b10-6+,19-11+. The molecule has 5 heteroatoms. The number of phenols is 2. The molecule has 1 amide bonds. The summed E-state index contributed by atoms with van der Waals surface area (Å²) >= 11 is 0. The average molecular weight is 362 g/mol. The Morgan fingerprint density at radius 1 is 1.07 bits per heavy atom. The van der Waals surface area contributed by atoms with Crippen molar-refractivity contribution in [2.45, 2.75) is 19.3 Å². The number of nitriles is 1. The van der Waals surface area contributed by atoms with Crippen LogP contribution in [0.25, 0.3) is 6.08 Å². The van der Waals surface area contributed by atoms with Crippen molar-refractivity contribution >= 4 is 12.0 Å². The first kappa shape index (κ1) is 19.8. The molecule has 27 heavy (non-hydrogen) atoms. The molecule has 0 aliphatic rings. The maximum Gasteiger partial charge on any atom is 0.261 e. The van der Waals surface area contributed by atoms with Crippen molar-refractivity contribution in [1.82, 2.24) is 5.32 Å². The highest BCUT2D eigenvalue weighted by Gasteiger charge is 2.06. The zero-order chi connectivity index (χ0) is 19.5. The van der Waals surface area contributed by atoms with Gasteiger partial charge in [0.25, 0.3) is 5.91 Å². The van der Waals surface area contributed by atoms with Gasteiger partial charge in [0.15, 0.2) is 0 Å². The summed E-state index contributed by atoms with van der Waals surface area (Å²) in [5.41, 5.74) is 1.82. The van der Waals surface area contributed by atoms with E-state index in [-0.39, 0.29) is 17.1 Å². The second kappa shape index (κ2) is 10.5. The largest absolute Gasteiger partial charge is 0.508 e. The van der Waals surface area contributed by atoms with Crippen LogP contribution in [0.4, 0.5) is 0 Å². The van der Waals surface area contributed by atoms with Crippen LogP contribution in [0.5, 0.6) is 11.5 Å². The van der Waals surface area contributed by atoms with Gasteiger partial charge in [0.1, 0.15) is 23.1 Å². The molecule has 0 spiro atoms. The Morgan fingerprint density at radius 2 is 1.78 bits per heavy atom. The fourth-order valence-corrected chi connectivity index (χ4v) is 2.53. The molecule has 0 saturated carbocycles. The Hall–Kier alpha value is -3.52. The number of aromatic hydroxyl groups is 2. The van der Waals surface area contributed by atoms with Gasteiger partial charge < -0.3 is 15.5 Å². The van der Waals surface area contributed by atoms with Crippen LogP contribution >= 0.6 is 0 Å². The van der Waals surface area contributed by atoms with Gasteiger partial charge >= 0.3 is 0 Å². The van der Waals surface area contributed by atoms with E-state index in [9.17, 15) is 15.0 Å². The Morgan fingerprint density at radius 3 is 2.44 bits per heavy atom. The summed E-state index contributed by atoms with van der Waals surface area (Å²) in [6.07, 6.45) is 7.26. The first-order valence-electron chi connectivity index (χ1n) is 8.72. The maximum atomic E-state index is 12.0.